The van der Waals surface area contributed by atoms with Crippen LogP contribution in [0.15, 0.2) is 47.5 Å². The number of hydrogen-bond donors (Lipinski definition) is 6. The number of carbonyl (C=O) groups excluding carboxylic acids is 1. The third-order valence-electron chi connectivity index (χ3n) is 4.14. The maximum atomic E-state index is 12.3. The third kappa shape index (κ3) is 11.7. The fourth-order valence-corrected chi connectivity index (χ4v) is 2.64. The van der Waals surface area contributed by atoms with Crippen molar-refractivity contribution in [1.29, 1.82) is 0 Å². The number of rotatable bonds is 4. The molecule has 13 nitrogen and oxygen atoms in total. The highest BCUT2D eigenvalue weighted by molar-refractivity contribution is 7.85. The molecular formula is C21H29N5O8S2. The highest BCUT2D eigenvalue weighted by Gasteiger charge is 2.15. The van der Waals surface area contributed by atoms with Crippen LogP contribution in [-0.4, -0.2) is 62.4 Å². The van der Waals surface area contributed by atoms with Gasteiger partial charge < -0.3 is 21.2 Å². The molecule has 3 rings (SSSR count). The molecule has 3 aromatic rings. The number of hydrogen-bond acceptors (Lipinski definition) is 8. The number of nitrogens with two attached hydrogens (primary N) is 2. The molecule has 0 radical (unpaired) electrons. The number of aromatic amines is 1. The molecule has 0 atom stereocenters. The molecule has 0 aliphatic carbocycles. The number of para-hydroxylation sites is 1. The number of benzene rings is 2. The Hall–Kier alpha value is -3.66. The maximum Gasteiger partial charge on any atom is 0.274 e. The molecule has 0 spiro atoms. The summed E-state index contributed by atoms with van der Waals surface area (Å²) in [5, 5.41) is 3.41. The first-order valence-corrected chi connectivity index (χ1v) is 13.7. The number of nitrogens with one attached hydrogen (secondary N) is 2. The highest BCUT2D eigenvalue weighted by Crippen LogP contribution is 2.29. The molecule has 2 aromatic carbocycles. The van der Waals surface area contributed by atoms with E-state index in [1.54, 1.807) is 6.07 Å². The van der Waals surface area contributed by atoms with E-state index in [2.05, 4.69) is 15.3 Å². The van der Waals surface area contributed by atoms with Crippen LogP contribution >= 0.6 is 0 Å². The van der Waals surface area contributed by atoms with Crippen LogP contribution in [0.5, 0.6) is 5.75 Å². The van der Waals surface area contributed by atoms with Crippen LogP contribution in [-0.2, 0) is 26.8 Å². The number of aliphatic imine (C=N–C) groups is 1. The first-order valence-electron chi connectivity index (χ1n) is 9.96. The van der Waals surface area contributed by atoms with E-state index in [0.717, 1.165) is 22.0 Å². The monoisotopic (exact) mass is 543 g/mol. The van der Waals surface area contributed by atoms with E-state index < -0.39 is 20.2 Å². The average Bonchev–Trinajstić information content (AvgIpc) is 3.19. The van der Waals surface area contributed by atoms with Gasteiger partial charge in [0.15, 0.2) is 5.96 Å². The fraction of sp³-hybridized carbons (Fsp3) is 0.238. The highest BCUT2D eigenvalue weighted by atomic mass is 32.2. The van der Waals surface area contributed by atoms with E-state index in [9.17, 15) is 21.6 Å². The van der Waals surface area contributed by atoms with E-state index in [1.807, 2.05) is 43.3 Å². The standard InChI is InChI=1S/C19H21N5O2.2CH4O3S/c1-11-7-8-16(26-10-12-5-3-4-6-14(12)20)17-13(11)9-15(23-17)18(25)24-19(21)22-2;2*1-5(2,3)4/h3-9,23H,10,20H2,1-2H3,(H3,21,22,24,25);2*1H3,(H,2,3,4). The van der Waals surface area contributed by atoms with Gasteiger partial charge in [-0.15, -0.1) is 0 Å². The normalized spacial score (nSPS) is 11.6. The van der Waals surface area contributed by atoms with Gasteiger partial charge in [-0.2, -0.15) is 16.8 Å². The predicted octanol–water partition coefficient (Wildman–Crippen LogP) is 1.32. The zero-order valence-corrected chi connectivity index (χ0v) is 21.6. The number of nitrogen functional groups attached to an aromatic ring is 1. The summed E-state index contributed by atoms with van der Waals surface area (Å²) in [5.41, 5.74) is 15.3. The largest absolute Gasteiger partial charge is 0.487 e. The second kappa shape index (κ2) is 12.9. The van der Waals surface area contributed by atoms with Crippen molar-refractivity contribution in [2.24, 2.45) is 10.7 Å². The molecule has 1 amide bonds. The van der Waals surface area contributed by atoms with Crippen LogP contribution in [0.1, 0.15) is 21.6 Å². The molecule has 0 unspecified atom stereocenters. The molecule has 0 aliphatic heterocycles. The number of fused-ring (bicyclic) bond motifs is 1. The molecule has 36 heavy (non-hydrogen) atoms. The molecule has 0 saturated carbocycles. The van der Waals surface area contributed by atoms with Crippen LogP contribution in [0.4, 0.5) is 5.69 Å². The van der Waals surface area contributed by atoms with Crippen molar-refractivity contribution in [3.63, 3.8) is 0 Å². The topological polar surface area (TPSA) is 227 Å². The van der Waals surface area contributed by atoms with Crippen molar-refractivity contribution in [1.82, 2.24) is 10.3 Å². The molecule has 0 aliphatic rings. The molecule has 15 heteroatoms. The van der Waals surface area contributed by atoms with E-state index in [-0.39, 0.29) is 11.9 Å². The summed E-state index contributed by atoms with van der Waals surface area (Å²) >= 11 is 0. The number of carbonyl (C=O) groups is 1. The van der Waals surface area contributed by atoms with Gasteiger partial charge >= 0.3 is 0 Å². The molecule has 1 aromatic heterocycles. The minimum absolute atomic E-state index is 0.0569. The number of ether oxygens (including phenoxy) is 1. The van der Waals surface area contributed by atoms with Gasteiger partial charge in [0.2, 0.25) is 0 Å². The van der Waals surface area contributed by atoms with Crippen LogP contribution < -0.4 is 21.5 Å². The van der Waals surface area contributed by atoms with Gasteiger partial charge in [0.1, 0.15) is 18.1 Å². The van der Waals surface area contributed by atoms with Crippen molar-refractivity contribution >= 4 is 48.7 Å². The summed E-state index contributed by atoms with van der Waals surface area (Å²) in [6.07, 6.45) is 1.43. The number of aryl methyl sites for hydroxylation is 1. The number of H-pyrrole nitrogens is 1. The van der Waals surface area contributed by atoms with Crippen LogP contribution in [0.3, 0.4) is 0 Å². The zero-order chi connectivity index (χ0) is 27.7. The van der Waals surface area contributed by atoms with Crippen LogP contribution in [0.2, 0.25) is 0 Å². The Morgan fingerprint density at radius 3 is 2.17 bits per heavy atom. The molecule has 1 heterocycles. The summed E-state index contributed by atoms with van der Waals surface area (Å²) < 4.78 is 57.7. The molecule has 0 saturated heterocycles. The molecule has 8 N–H and O–H groups in total. The van der Waals surface area contributed by atoms with Gasteiger partial charge in [-0.25, -0.2) is 0 Å². The quantitative estimate of drug-likeness (QED) is 0.120. The van der Waals surface area contributed by atoms with E-state index >= 15 is 0 Å². The summed E-state index contributed by atoms with van der Waals surface area (Å²) in [5.74, 6) is 0.341. The SMILES string of the molecule is CN=C(N)NC(=O)c1cc2c(C)ccc(OCc3ccccc3N)c2[nH]1.CS(=O)(=O)O.CS(=O)(=O)O. The minimum Gasteiger partial charge on any atom is -0.487 e. The van der Waals surface area contributed by atoms with Gasteiger partial charge in [0.25, 0.3) is 26.1 Å². The van der Waals surface area contributed by atoms with Gasteiger partial charge in [-0.3, -0.25) is 24.2 Å². The summed E-state index contributed by atoms with van der Waals surface area (Å²) in [6, 6.07) is 13.1. The summed E-state index contributed by atoms with van der Waals surface area (Å²) in [7, 11) is -5.83. The lowest BCUT2D eigenvalue weighted by Gasteiger charge is -2.10. The van der Waals surface area contributed by atoms with Crippen molar-refractivity contribution in [2.45, 2.75) is 13.5 Å². The van der Waals surface area contributed by atoms with E-state index in [4.69, 9.17) is 25.3 Å². The Morgan fingerprint density at radius 1 is 1.08 bits per heavy atom. The smallest absolute Gasteiger partial charge is 0.274 e. The van der Waals surface area contributed by atoms with Crippen molar-refractivity contribution in [2.75, 3.05) is 25.3 Å². The van der Waals surface area contributed by atoms with Crippen molar-refractivity contribution in [3.8, 4) is 5.75 Å². The minimum atomic E-state index is -3.67. The Balaban J connectivity index is 0.000000550. The van der Waals surface area contributed by atoms with Gasteiger partial charge in [0, 0.05) is 23.7 Å². The van der Waals surface area contributed by atoms with Crippen molar-refractivity contribution < 1.29 is 35.5 Å². The lowest BCUT2D eigenvalue weighted by atomic mass is 10.1. The molecule has 0 fully saturated rings. The second-order valence-corrected chi connectivity index (χ2v) is 10.3. The number of nitrogens with zero attached hydrogens (tertiary/aromatic N) is 1. The Bertz CT molecular complexity index is 1400. The van der Waals surface area contributed by atoms with Crippen molar-refractivity contribution in [3.05, 3.63) is 59.3 Å². The lowest BCUT2D eigenvalue weighted by Crippen LogP contribution is -2.36. The number of amides is 1. The average molecular weight is 544 g/mol. The predicted molar refractivity (Wildman–Crippen MR) is 138 cm³/mol. The Kier molecular flexibility index (Phi) is 10.9. The second-order valence-electron chi connectivity index (χ2n) is 7.37. The Morgan fingerprint density at radius 2 is 1.64 bits per heavy atom. The number of aromatic nitrogens is 1. The third-order valence-corrected chi connectivity index (χ3v) is 4.14. The Labute approximate surface area is 209 Å². The summed E-state index contributed by atoms with van der Waals surface area (Å²) in [6.45, 7) is 2.31. The van der Waals surface area contributed by atoms with E-state index in [0.29, 0.717) is 36.2 Å². The lowest BCUT2D eigenvalue weighted by molar-refractivity contribution is 0.0972. The van der Waals surface area contributed by atoms with Crippen LogP contribution in [0, 0.1) is 6.92 Å². The van der Waals surface area contributed by atoms with Gasteiger partial charge in [0.05, 0.1) is 18.0 Å². The first kappa shape index (κ1) is 30.4. The number of anilines is 1. The number of guanidine groups is 1. The maximum absolute atomic E-state index is 12.3. The zero-order valence-electron chi connectivity index (χ0n) is 20.0. The van der Waals surface area contributed by atoms with Crippen LogP contribution in [0.25, 0.3) is 10.9 Å². The van der Waals surface area contributed by atoms with E-state index in [1.165, 1.54) is 7.05 Å². The fourth-order valence-electron chi connectivity index (χ4n) is 2.64. The molecule has 0 bridgehead atoms. The molecular weight excluding hydrogens is 514 g/mol. The van der Waals surface area contributed by atoms with Gasteiger partial charge in [-0.05, 0) is 30.7 Å². The first-order chi connectivity index (χ1) is 16.5. The summed E-state index contributed by atoms with van der Waals surface area (Å²) in [4.78, 5) is 19.1. The molecule has 198 valence electrons. The van der Waals surface area contributed by atoms with Gasteiger partial charge in [-0.1, -0.05) is 24.3 Å².